The zero-order valence-electron chi connectivity index (χ0n) is 14.2. The molecule has 3 aliphatic rings. The van der Waals surface area contributed by atoms with Crippen molar-refractivity contribution in [2.24, 2.45) is 5.92 Å². The fourth-order valence-electron chi connectivity index (χ4n) is 2.95. The summed E-state index contributed by atoms with van der Waals surface area (Å²) in [5, 5.41) is 10.4. The molecule has 1 aromatic carbocycles. The first-order valence-electron chi connectivity index (χ1n) is 8.11. The topological polar surface area (TPSA) is 54.4 Å². The third kappa shape index (κ3) is 4.29. The predicted molar refractivity (Wildman–Crippen MR) is 96.4 cm³/mol. The van der Waals surface area contributed by atoms with Crippen LogP contribution >= 0.6 is 0 Å². The fourth-order valence-corrected chi connectivity index (χ4v) is 2.95. The maximum Gasteiger partial charge on any atom is 2.00 e. The van der Waals surface area contributed by atoms with Gasteiger partial charge in [0.25, 0.3) is 0 Å². The van der Waals surface area contributed by atoms with Crippen LogP contribution in [-0.2, 0) is 21.9 Å². The van der Waals surface area contributed by atoms with Gasteiger partial charge in [-0.1, -0.05) is 31.2 Å². The number of allylic oxidation sites excluding steroid dienone is 1. The second kappa shape index (κ2) is 9.52. The zero-order chi connectivity index (χ0) is 17.8. The van der Waals surface area contributed by atoms with Gasteiger partial charge in [-0.15, -0.1) is 0 Å². The minimum Gasteiger partial charge on any atom is -0.507 e. The molecular weight excluding hydrogens is 368 g/mol. The standard InChI is InChI=1S/C17H13O3.C5H5.Fe/c1-10(11-6-2-3-7-11)14-15(18)12-8-4-5-9-13(12)16(19)17(14)20;1-2-4-5-3-1;/h2-10,18H,1H3;1-5H;/q;;+2. The second-order valence-electron chi connectivity index (χ2n) is 5.87. The summed E-state index contributed by atoms with van der Waals surface area (Å²) in [7, 11) is 0. The Morgan fingerprint density at radius 3 is 1.81 bits per heavy atom. The van der Waals surface area contributed by atoms with Crippen LogP contribution < -0.4 is 0 Å². The van der Waals surface area contributed by atoms with Crippen molar-refractivity contribution < 1.29 is 31.8 Å². The largest absolute Gasteiger partial charge is 2.00 e. The van der Waals surface area contributed by atoms with Gasteiger partial charge in [0.15, 0.2) is 0 Å². The van der Waals surface area contributed by atoms with Crippen molar-refractivity contribution in [2.45, 2.75) is 6.92 Å². The van der Waals surface area contributed by atoms with Crippen LogP contribution in [0.3, 0.4) is 0 Å². The summed E-state index contributed by atoms with van der Waals surface area (Å²) < 4.78 is 0. The molecular formula is C22H18FeO3+2. The van der Waals surface area contributed by atoms with Gasteiger partial charge in [0.2, 0.25) is 11.6 Å². The zero-order valence-corrected chi connectivity index (χ0v) is 15.3. The Kier molecular flexibility index (Phi) is 7.67. The van der Waals surface area contributed by atoms with Gasteiger partial charge < -0.3 is 5.11 Å². The molecule has 1 atom stereocenters. The van der Waals surface area contributed by atoms with Crippen LogP contribution in [0.5, 0.6) is 0 Å². The minimum absolute atomic E-state index is 0. The Hall–Kier alpha value is -1.38. The number of ketones is 2. The van der Waals surface area contributed by atoms with Crippen molar-refractivity contribution in [3.8, 4) is 0 Å². The molecule has 4 rings (SSSR count). The average molecular weight is 386 g/mol. The van der Waals surface area contributed by atoms with Crippen molar-refractivity contribution in [2.75, 3.05) is 0 Å². The van der Waals surface area contributed by atoms with Crippen molar-refractivity contribution in [3.63, 3.8) is 0 Å². The average Bonchev–Trinajstić information content (AvgIpc) is 3.36. The number of benzene rings is 1. The van der Waals surface area contributed by atoms with Crippen LogP contribution in [0.2, 0.25) is 0 Å². The van der Waals surface area contributed by atoms with Crippen molar-refractivity contribution in [1.82, 2.24) is 0 Å². The third-order valence-corrected chi connectivity index (χ3v) is 4.31. The normalized spacial score (nSPS) is 21.0. The molecule has 0 aromatic heterocycles. The number of aliphatic hydroxyl groups excluding tert-OH is 1. The van der Waals surface area contributed by atoms with Gasteiger partial charge >= 0.3 is 17.1 Å². The van der Waals surface area contributed by atoms with Gasteiger partial charge in [-0.2, -0.15) is 0 Å². The van der Waals surface area contributed by atoms with E-state index in [9.17, 15) is 14.7 Å². The number of fused-ring (bicyclic) bond motifs is 1. The summed E-state index contributed by atoms with van der Waals surface area (Å²) in [6.45, 7) is 1.82. The third-order valence-electron chi connectivity index (χ3n) is 4.31. The van der Waals surface area contributed by atoms with Crippen LogP contribution in [0, 0.1) is 69.6 Å². The van der Waals surface area contributed by atoms with Gasteiger partial charge in [-0.05, 0) is 69.6 Å². The molecule has 2 saturated carbocycles. The van der Waals surface area contributed by atoms with Gasteiger partial charge in [0.1, 0.15) is 5.76 Å². The van der Waals surface area contributed by atoms with Gasteiger partial charge in [0, 0.05) is 16.7 Å². The number of hydrogen-bond acceptors (Lipinski definition) is 3. The Bertz CT molecular complexity index is 675. The van der Waals surface area contributed by atoms with E-state index in [1.165, 1.54) is 0 Å². The van der Waals surface area contributed by atoms with Crippen LogP contribution in [0.1, 0.15) is 22.8 Å². The van der Waals surface area contributed by atoms with Crippen molar-refractivity contribution >= 4 is 17.3 Å². The van der Waals surface area contributed by atoms with E-state index < -0.39 is 11.6 Å². The minimum atomic E-state index is -0.616. The molecule has 0 spiro atoms. The smallest absolute Gasteiger partial charge is 0.507 e. The number of hydrogen-bond donors (Lipinski definition) is 1. The van der Waals surface area contributed by atoms with E-state index in [0.717, 1.165) is 5.92 Å². The van der Waals surface area contributed by atoms with Gasteiger partial charge in [-0.3, -0.25) is 9.59 Å². The monoisotopic (exact) mass is 386 g/mol. The molecule has 0 heterocycles. The molecule has 10 radical (unpaired) electrons. The van der Waals surface area contributed by atoms with Crippen LogP contribution in [0.25, 0.3) is 5.76 Å². The molecule has 3 nitrogen and oxygen atoms in total. The molecule has 26 heavy (non-hydrogen) atoms. The summed E-state index contributed by atoms with van der Waals surface area (Å²) in [6.07, 6.45) is 17.5. The van der Waals surface area contributed by atoms with E-state index in [4.69, 9.17) is 0 Å². The van der Waals surface area contributed by atoms with E-state index in [-0.39, 0.29) is 39.9 Å². The Morgan fingerprint density at radius 1 is 0.769 bits per heavy atom. The number of aliphatic hydroxyl groups is 1. The van der Waals surface area contributed by atoms with Crippen LogP contribution in [-0.4, -0.2) is 16.7 Å². The molecule has 130 valence electrons. The summed E-state index contributed by atoms with van der Waals surface area (Å²) in [5.74, 6) is -0.650. The van der Waals surface area contributed by atoms with Crippen molar-refractivity contribution in [3.05, 3.63) is 105 Å². The molecule has 1 unspecified atom stereocenters. The molecule has 4 heteroatoms. The summed E-state index contributed by atoms with van der Waals surface area (Å²) in [4.78, 5) is 24.4. The second-order valence-corrected chi connectivity index (χ2v) is 5.87. The summed E-state index contributed by atoms with van der Waals surface area (Å²) in [6, 6.07) is 6.65. The molecule has 0 aliphatic heterocycles. The number of carbonyl (C=O) groups is 2. The Morgan fingerprint density at radius 2 is 1.27 bits per heavy atom. The van der Waals surface area contributed by atoms with Crippen molar-refractivity contribution in [1.29, 1.82) is 0 Å². The maximum absolute atomic E-state index is 12.3. The molecule has 1 aromatic rings. The first-order valence-corrected chi connectivity index (χ1v) is 8.11. The van der Waals surface area contributed by atoms with Gasteiger partial charge in [0.05, 0.1) is 0 Å². The van der Waals surface area contributed by atoms with E-state index in [1.54, 1.807) is 24.3 Å². The molecule has 3 aliphatic carbocycles. The first-order chi connectivity index (χ1) is 12.1. The summed E-state index contributed by atoms with van der Waals surface area (Å²) in [5.41, 5.74) is 0.888. The molecule has 0 saturated heterocycles. The van der Waals surface area contributed by atoms with E-state index in [1.807, 2.05) is 64.7 Å². The van der Waals surface area contributed by atoms with Gasteiger partial charge in [-0.25, -0.2) is 0 Å². The molecule has 1 N–H and O–H groups in total. The quantitative estimate of drug-likeness (QED) is 0.622. The number of Topliss-reactive ketones (excluding diaryl/α,β-unsaturated/α-hetero) is 2. The number of rotatable bonds is 2. The van der Waals surface area contributed by atoms with E-state index >= 15 is 0 Å². The first kappa shape index (κ1) is 20.9. The van der Waals surface area contributed by atoms with Crippen LogP contribution in [0.4, 0.5) is 0 Å². The molecule has 0 amide bonds. The molecule has 2 fully saturated rings. The SMILES string of the molecule is CC([C]1[CH][CH][CH][CH]1)C1=C(O)c2ccccc2C(=O)C1=O.[CH]1[CH][CH][CH][CH]1.[Fe+2]. The summed E-state index contributed by atoms with van der Waals surface area (Å²) >= 11 is 0. The number of carbonyl (C=O) groups excluding carboxylic acids is 2. The van der Waals surface area contributed by atoms with E-state index in [0.29, 0.717) is 5.56 Å². The maximum atomic E-state index is 12.3. The molecule has 0 bridgehead atoms. The van der Waals surface area contributed by atoms with E-state index in [2.05, 4.69) is 0 Å². The van der Waals surface area contributed by atoms with Crippen LogP contribution in [0.15, 0.2) is 29.8 Å². The Labute approximate surface area is 166 Å². The Balaban J connectivity index is 0.000000351. The predicted octanol–water partition coefficient (Wildman–Crippen LogP) is 3.78. The fraction of sp³-hybridized carbons (Fsp3) is 0.0909.